The number of hydrogen-bond donors (Lipinski definition) is 1. The van der Waals surface area contributed by atoms with Crippen LogP contribution in [0.5, 0.6) is 0 Å². The maximum absolute atomic E-state index is 14.0. The molecular formula is C25H30N2O5S. The number of amides is 1. The zero-order valence-electron chi connectivity index (χ0n) is 19.6. The molecule has 1 aliphatic heterocycles. The van der Waals surface area contributed by atoms with Gasteiger partial charge >= 0.3 is 11.9 Å². The third-order valence-electron chi connectivity index (χ3n) is 5.15. The molecule has 1 aliphatic rings. The topological polar surface area (TPSA) is 84.9 Å². The lowest BCUT2D eigenvalue weighted by molar-refractivity contribution is -0.157. The maximum Gasteiger partial charge on any atom is 0.326 e. The Hall–Kier alpha value is -2.84. The molecule has 1 N–H and O–H groups in total. The van der Waals surface area contributed by atoms with Crippen LogP contribution in [-0.2, 0) is 28.7 Å². The van der Waals surface area contributed by atoms with E-state index < -0.39 is 34.2 Å². The number of nitrogens with zero attached hydrogens (tertiary/aromatic N) is 1. The van der Waals surface area contributed by atoms with E-state index in [0.717, 1.165) is 10.5 Å². The highest BCUT2D eigenvalue weighted by molar-refractivity contribution is 8.00. The molecule has 1 heterocycles. The van der Waals surface area contributed by atoms with Crippen LogP contribution in [0.3, 0.4) is 0 Å². The van der Waals surface area contributed by atoms with Gasteiger partial charge in [0.05, 0.1) is 12.3 Å². The summed E-state index contributed by atoms with van der Waals surface area (Å²) in [7, 11) is 1.71. The van der Waals surface area contributed by atoms with Crippen LogP contribution in [0.4, 0.5) is 5.69 Å². The summed E-state index contributed by atoms with van der Waals surface area (Å²) < 4.78 is 10.8. The van der Waals surface area contributed by atoms with Gasteiger partial charge in [0.25, 0.3) is 0 Å². The number of benzene rings is 2. The first-order valence-electron chi connectivity index (χ1n) is 10.8. The van der Waals surface area contributed by atoms with E-state index in [1.807, 2.05) is 42.5 Å². The molecule has 2 unspecified atom stereocenters. The number of thioether (sulfide) groups is 1. The Morgan fingerprint density at radius 3 is 2.33 bits per heavy atom. The molecule has 0 aromatic heterocycles. The summed E-state index contributed by atoms with van der Waals surface area (Å²) in [5.41, 5.74) is 0.582. The van der Waals surface area contributed by atoms with Crippen LogP contribution in [0.25, 0.3) is 0 Å². The molecule has 176 valence electrons. The molecule has 33 heavy (non-hydrogen) atoms. The van der Waals surface area contributed by atoms with Crippen molar-refractivity contribution in [3.63, 3.8) is 0 Å². The lowest BCUT2D eigenvalue weighted by atomic mass is 9.90. The average molecular weight is 471 g/mol. The highest BCUT2D eigenvalue weighted by Gasteiger charge is 2.54. The quantitative estimate of drug-likeness (QED) is 0.509. The second-order valence-corrected chi connectivity index (χ2v) is 9.91. The van der Waals surface area contributed by atoms with Crippen molar-refractivity contribution in [1.82, 2.24) is 5.32 Å². The molecule has 7 nitrogen and oxygen atoms in total. The minimum absolute atomic E-state index is 0.126. The number of nitrogens with one attached hydrogen (secondary N) is 1. The maximum atomic E-state index is 14.0. The summed E-state index contributed by atoms with van der Waals surface area (Å²) in [5.74, 6) is -3.00. The molecule has 0 radical (unpaired) electrons. The Bertz CT molecular complexity index is 1020. The average Bonchev–Trinajstić information content (AvgIpc) is 2.86. The van der Waals surface area contributed by atoms with Gasteiger partial charge in [-0.25, -0.2) is 0 Å². The van der Waals surface area contributed by atoms with E-state index in [0.29, 0.717) is 5.69 Å². The molecule has 0 aliphatic carbocycles. The van der Waals surface area contributed by atoms with Crippen LogP contribution in [0.1, 0.15) is 33.3 Å². The van der Waals surface area contributed by atoms with Crippen molar-refractivity contribution in [3.8, 4) is 0 Å². The van der Waals surface area contributed by atoms with E-state index in [1.54, 1.807) is 46.9 Å². The lowest BCUT2D eigenvalue weighted by Gasteiger charge is -2.37. The summed E-state index contributed by atoms with van der Waals surface area (Å²) in [6.45, 7) is 6.80. The van der Waals surface area contributed by atoms with Gasteiger partial charge in [-0.15, -0.1) is 0 Å². The number of hydrogen-bond acceptors (Lipinski definition) is 7. The third kappa shape index (κ3) is 5.23. The van der Waals surface area contributed by atoms with Gasteiger partial charge in [-0.3, -0.25) is 19.3 Å². The van der Waals surface area contributed by atoms with Crippen molar-refractivity contribution < 1.29 is 23.9 Å². The minimum atomic E-state index is -1.25. The number of para-hydroxylation sites is 1. The Morgan fingerprint density at radius 1 is 1.09 bits per heavy atom. The van der Waals surface area contributed by atoms with E-state index in [-0.39, 0.29) is 13.2 Å². The number of carbonyl (C=O) groups is 3. The largest absolute Gasteiger partial charge is 0.465 e. The molecule has 2 atom stereocenters. The van der Waals surface area contributed by atoms with Crippen molar-refractivity contribution in [2.45, 2.75) is 43.1 Å². The van der Waals surface area contributed by atoms with Gasteiger partial charge in [-0.1, -0.05) is 54.2 Å². The van der Waals surface area contributed by atoms with Gasteiger partial charge in [0.15, 0.2) is 5.92 Å². The van der Waals surface area contributed by atoms with E-state index in [4.69, 9.17) is 9.47 Å². The fourth-order valence-electron chi connectivity index (χ4n) is 3.86. The molecule has 0 fully saturated rings. The van der Waals surface area contributed by atoms with Crippen molar-refractivity contribution in [3.05, 3.63) is 60.2 Å². The predicted octanol–water partition coefficient (Wildman–Crippen LogP) is 3.72. The van der Waals surface area contributed by atoms with Gasteiger partial charge in [-0.05, 0) is 52.4 Å². The van der Waals surface area contributed by atoms with Crippen molar-refractivity contribution >= 4 is 35.3 Å². The number of carbonyl (C=O) groups excluding carboxylic acids is 3. The normalized spacial score (nSPS) is 20.6. The molecule has 2 aromatic rings. The summed E-state index contributed by atoms with van der Waals surface area (Å²) in [5, 5.41) is 3.25. The van der Waals surface area contributed by atoms with E-state index in [9.17, 15) is 14.4 Å². The molecule has 3 rings (SSSR count). The van der Waals surface area contributed by atoms with Crippen LogP contribution in [0.15, 0.2) is 59.5 Å². The van der Waals surface area contributed by atoms with Crippen LogP contribution in [0.2, 0.25) is 0 Å². The Labute approximate surface area is 198 Å². The highest BCUT2D eigenvalue weighted by atomic mass is 32.2. The predicted molar refractivity (Wildman–Crippen MR) is 128 cm³/mol. The van der Waals surface area contributed by atoms with Gasteiger partial charge in [0.1, 0.15) is 17.0 Å². The number of anilines is 1. The molecule has 8 heteroatoms. The Kier molecular flexibility index (Phi) is 7.49. The number of ether oxygens (including phenoxy) is 2. The van der Waals surface area contributed by atoms with E-state index in [1.165, 1.54) is 16.7 Å². The summed E-state index contributed by atoms with van der Waals surface area (Å²) in [6, 6.07) is 16.6. The first-order valence-corrected chi connectivity index (χ1v) is 11.7. The smallest absolute Gasteiger partial charge is 0.326 e. The summed E-state index contributed by atoms with van der Waals surface area (Å²) in [4.78, 5) is 41.0. The molecule has 0 spiro atoms. The Morgan fingerprint density at radius 2 is 1.73 bits per heavy atom. The van der Waals surface area contributed by atoms with Crippen molar-refractivity contribution in [2.75, 3.05) is 25.1 Å². The van der Waals surface area contributed by atoms with E-state index >= 15 is 0 Å². The van der Waals surface area contributed by atoms with Crippen LogP contribution < -0.4 is 10.2 Å². The van der Waals surface area contributed by atoms with Crippen molar-refractivity contribution in [2.24, 2.45) is 5.92 Å². The minimum Gasteiger partial charge on any atom is -0.465 e. The van der Waals surface area contributed by atoms with Crippen LogP contribution in [-0.4, -0.2) is 43.6 Å². The lowest BCUT2D eigenvalue weighted by Crippen LogP contribution is -2.54. The summed E-state index contributed by atoms with van der Waals surface area (Å²) in [6.07, 6.45) is 0. The zero-order chi connectivity index (χ0) is 24.2. The number of esters is 2. The molecule has 0 bridgehead atoms. The molecular weight excluding hydrogens is 440 g/mol. The van der Waals surface area contributed by atoms with Gasteiger partial charge in [0.2, 0.25) is 5.91 Å². The third-order valence-corrected chi connectivity index (χ3v) is 6.71. The second kappa shape index (κ2) is 9.97. The first-order chi connectivity index (χ1) is 15.6. The van der Waals surface area contributed by atoms with Gasteiger partial charge < -0.3 is 14.8 Å². The molecule has 2 aromatic carbocycles. The first kappa shape index (κ1) is 24.8. The SMILES string of the molecule is CCOC(=O)C1C(=O)N(CC(=O)OC(C)(C)C)c2ccccc2SC1(NC)c1ccccc1. The van der Waals surface area contributed by atoms with Crippen LogP contribution in [0, 0.1) is 5.92 Å². The van der Waals surface area contributed by atoms with E-state index in [2.05, 4.69) is 5.32 Å². The fraction of sp³-hybridized carbons (Fsp3) is 0.400. The Balaban J connectivity index is 2.19. The molecule has 0 saturated heterocycles. The monoisotopic (exact) mass is 470 g/mol. The number of fused-ring (bicyclic) bond motifs is 1. The summed E-state index contributed by atoms with van der Waals surface area (Å²) >= 11 is 1.36. The number of rotatable bonds is 6. The van der Waals surface area contributed by atoms with Gasteiger partial charge in [0, 0.05) is 4.90 Å². The van der Waals surface area contributed by atoms with Crippen molar-refractivity contribution in [1.29, 1.82) is 0 Å². The van der Waals surface area contributed by atoms with Crippen LogP contribution >= 0.6 is 11.8 Å². The fourth-order valence-corrected chi connectivity index (χ4v) is 5.30. The second-order valence-electron chi connectivity index (χ2n) is 8.62. The standard InChI is InChI=1S/C25H30N2O5S/c1-6-31-23(30)21-22(29)27(16-20(28)32-24(2,3)4)18-14-10-11-15-19(18)33-25(21,26-5)17-12-8-7-9-13-17/h7-15,21,26H,6,16H2,1-5H3. The van der Waals surface area contributed by atoms with Gasteiger partial charge in [-0.2, -0.15) is 0 Å². The zero-order valence-corrected chi connectivity index (χ0v) is 20.4. The molecule has 0 saturated carbocycles. The molecule has 1 amide bonds. The highest BCUT2D eigenvalue weighted by Crippen LogP contribution is 2.51.